The Hall–Kier alpha value is -0.250. The van der Waals surface area contributed by atoms with Crippen LogP contribution in [0, 0.1) is 5.92 Å². The third kappa shape index (κ3) is 4.24. The zero-order valence-electron chi connectivity index (χ0n) is 7.07. The summed E-state index contributed by atoms with van der Waals surface area (Å²) in [5, 5.41) is 0. The summed E-state index contributed by atoms with van der Waals surface area (Å²) in [6.45, 7) is 1.64. The molecule has 0 saturated carbocycles. The molecule has 11 heavy (non-hydrogen) atoms. The quantitative estimate of drug-likeness (QED) is 0.625. The van der Waals surface area contributed by atoms with Crippen LogP contribution in [0.1, 0.15) is 13.3 Å². The maximum Gasteiger partial charge on any atom is 0.393 e. The molecule has 1 nitrogen and oxygen atoms in total. The maximum absolute atomic E-state index is 12.1. The molecule has 0 aliphatic carbocycles. The molecule has 0 saturated heterocycles. The number of hydrogen-bond acceptors (Lipinski definition) is 1. The lowest BCUT2D eigenvalue weighted by Crippen LogP contribution is -2.32. The highest BCUT2D eigenvalue weighted by Crippen LogP contribution is 2.28. The molecular weight excluding hydrogens is 155 g/mol. The SMILES string of the molecule is CCC(CN(C)C)C(F)(F)F. The summed E-state index contributed by atoms with van der Waals surface area (Å²) < 4.78 is 36.2. The first-order valence-electron chi connectivity index (χ1n) is 3.59. The molecule has 0 aromatic rings. The number of rotatable bonds is 3. The summed E-state index contributed by atoms with van der Waals surface area (Å²) in [4.78, 5) is 1.56. The van der Waals surface area contributed by atoms with E-state index in [4.69, 9.17) is 0 Å². The molecule has 0 aliphatic rings. The molecule has 0 N–H and O–H groups in total. The Kier molecular flexibility index (Phi) is 3.86. The van der Waals surface area contributed by atoms with Gasteiger partial charge in [0, 0.05) is 6.54 Å². The molecule has 0 aromatic heterocycles. The smallest absolute Gasteiger partial charge is 0.309 e. The second kappa shape index (κ2) is 3.95. The first kappa shape index (κ1) is 10.8. The lowest BCUT2D eigenvalue weighted by atomic mass is 10.1. The molecule has 0 heterocycles. The Morgan fingerprint density at radius 2 is 1.73 bits per heavy atom. The molecule has 1 atom stereocenters. The molecule has 0 aromatic carbocycles. The van der Waals surface area contributed by atoms with E-state index in [9.17, 15) is 13.2 Å². The fourth-order valence-electron chi connectivity index (χ4n) is 0.905. The second-order valence-corrected chi connectivity index (χ2v) is 2.91. The van der Waals surface area contributed by atoms with Gasteiger partial charge in [0.15, 0.2) is 0 Å². The molecule has 0 aliphatic heterocycles. The number of alkyl halides is 3. The van der Waals surface area contributed by atoms with Crippen molar-refractivity contribution in [1.82, 2.24) is 4.90 Å². The Balaban J connectivity index is 3.96. The van der Waals surface area contributed by atoms with Gasteiger partial charge in [0.25, 0.3) is 0 Å². The van der Waals surface area contributed by atoms with Gasteiger partial charge < -0.3 is 4.90 Å². The zero-order valence-corrected chi connectivity index (χ0v) is 7.07. The Bertz CT molecular complexity index is 109. The zero-order chi connectivity index (χ0) is 9.07. The van der Waals surface area contributed by atoms with Crippen LogP contribution in [-0.2, 0) is 0 Å². The van der Waals surface area contributed by atoms with Gasteiger partial charge in [-0.1, -0.05) is 6.92 Å². The molecular formula is C7H14F3N. The van der Waals surface area contributed by atoms with Crippen LogP contribution in [-0.4, -0.2) is 31.7 Å². The minimum absolute atomic E-state index is 0.0833. The van der Waals surface area contributed by atoms with Crippen LogP contribution >= 0.6 is 0 Å². The van der Waals surface area contributed by atoms with E-state index in [2.05, 4.69) is 0 Å². The average Bonchev–Trinajstić information content (AvgIpc) is 1.79. The van der Waals surface area contributed by atoms with Crippen LogP contribution in [0.2, 0.25) is 0 Å². The predicted molar refractivity (Wildman–Crippen MR) is 38.4 cm³/mol. The molecule has 0 amide bonds. The van der Waals surface area contributed by atoms with Gasteiger partial charge in [0.2, 0.25) is 0 Å². The summed E-state index contributed by atoms with van der Waals surface area (Å²) in [6, 6.07) is 0. The lowest BCUT2D eigenvalue weighted by Gasteiger charge is -2.21. The van der Waals surface area contributed by atoms with E-state index in [-0.39, 0.29) is 13.0 Å². The van der Waals surface area contributed by atoms with Crippen molar-refractivity contribution in [3.8, 4) is 0 Å². The topological polar surface area (TPSA) is 3.24 Å². The van der Waals surface area contributed by atoms with E-state index in [0.717, 1.165) is 0 Å². The number of halogens is 3. The highest BCUT2D eigenvalue weighted by atomic mass is 19.4. The van der Waals surface area contributed by atoms with E-state index in [1.54, 1.807) is 25.9 Å². The van der Waals surface area contributed by atoms with Gasteiger partial charge in [0.05, 0.1) is 5.92 Å². The minimum atomic E-state index is -4.04. The minimum Gasteiger partial charge on any atom is -0.309 e. The van der Waals surface area contributed by atoms with Crippen molar-refractivity contribution in [2.75, 3.05) is 20.6 Å². The molecule has 0 radical (unpaired) electrons. The van der Waals surface area contributed by atoms with Crippen LogP contribution in [0.25, 0.3) is 0 Å². The van der Waals surface area contributed by atoms with E-state index in [1.807, 2.05) is 0 Å². The lowest BCUT2D eigenvalue weighted by molar-refractivity contribution is -0.178. The van der Waals surface area contributed by atoms with Gasteiger partial charge in [-0.15, -0.1) is 0 Å². The van der Waals surface area contributed by atoms with Crippen molar-refractivity contribution in [3.63, 3.8) is 0 Å². The van der Waals surface area contributed by atoms with Crippen molar-refractivity contribution in [2.45, 2.75) is 19.5 Å². The highest BCUT2D eigenvalue weighted by molar-refractivity contribution is 4.67. The maximum atomic E-state index is 12.1. The van der Waals surface area contributed by atoms with E-state index in [0.29, 0.717) is 0 Å². The molecule has 0 rings (SSSR count). The van der Waals surface area contributed by atoms with Gasteiger partial charge in [-0.3, -0.25) is 0 Å². The summed E-state index contributed by atoms with van der Waals surface area (Å²) in [7, 11) is 3.29. The summed E-state index contributed by atoms with van der Waals surface area (Å²) in [5.41, 5.74) is 0. The van der Waals surface area contributed by atoms with E-state index in [1.165, 1.54) is 0 Å². The third-order valence-corrected chi connectivity index (χ3v) is 1.54. The molecule has 4 heteroatoms. The number of nitrogens with zero attached hydrogens (tertiary/aromatic N) is 1. The van der Waals surface area contributed by atoms with Crippen LogP contribution in [0.4, 0.5) is 13.2 Å². The van der Waals surface area contributed by atoms with E-state index >= 15 is 0 Å². The van der Waals surface area contributed by atoms with Crippen molar-refractivity contribution in [3.05, 3.63) is 0 Å². The normalized spacial score (nSPS) is 15.5. The van der Waals surface area contributed by atoms with Gasteiger partial charge in [-0.05, 0) is 20.5 Å². The van der Waals surface area contributed by atoms with Crippen LogP contribution in [0.5, 0.6) is 0 Å². The van der Waals surface area contributed by atoms with Crippen LogP contribution in [0.3, 0.4) is 0 Å². The van der Waals surface area contributed by atoms with Crippen LogP contribution < -0.4 is 0 Å². The molecule has 68 valence electrons. The van der Waals surface area contributed by atoms with Gasteiger partial charge in [-0.2, -0.15) is 13.2 Å². The monoisotopic (exact) mass is 169 g/mol. The van der Waals surface area contributed by atoms with Gasteiger partial charge in [0.1, 0.15) is 0 Å². The standard InChI is InChI=1S/C7H14F3N/c1-4-6(5-11(2)3)7(8,9)10/h6H,4-5H2,1-3H3. The largest absolute Gasteiger partial charge is 0.393 e. The molecule has 0 spiro atoms. The summed E-state index contributed by atoms with van der Waals surface area (Å²) in [5.74, 6) is -1.18. The molecule has 0 bridgehead atoms. The summed E-state index contributed by atoms with van der Waals surface area (Å²) in [6.07, 6.45) is -3.89. The van der Waals surface area contributed by atoms with Crippen molar-refractivity contribution in [1.29, 1.82) is 0 Å². The Morgan fingerprint density at radius 3 is 1.82 bits per heavy atom. The predicted octanol–water partition coefficient (Wildman–Crippen LogP) is 2.14. The number of hydrogen-bond donors (Lipinski definition) is 0. The van der Waals surface area contributed by atoms with Crippen molar-refractivity contribution < 1.29 is 13.2 Å². The first-order valence-corrected chi connectivity index (χ1v) is 3.59. The Labute approximate surface area is 65.2 Å². The van der Waals surface area contributed by atoms with Crippen molar-refractivity contribution in [2.24, 2.45) is 5.92 Å². The first-order chi connectivity index (χ1) is 4.88. The molecule has 0 fully saturated rings. The van der Waals surface area contributed by atoms with Gasteiger partial charge in [-0.25, -0.2) is 0 Å². The Morgan fingerprint density at radius 1 is 1.27 bits per heavy atom. The second-order valence-electron chi connectivity index (χ2n) is 2.91. The fraction of sp³-hybridized carbons (Fsp3) is 1.00. The third-order valence-electron chi connectivity index (χ3n) is 1.54. The molecule has 1 unspecified atom stereocenters. The van der Waals surface area contributed by atoms with Crippen molar-refractivity contribution >= 4 is 0 Å². The van der Waals surface area contributed by atoms with E-state index < -0.39 is 12.1 Å². The highest BCUT2D eigenvalue weighted by Gasteiger charge is 2.37. The fourth-order valence-corrected chi connectivity index (χ4v) is 0.905. The average molecular weight is 169 g/mol. The summed E-state index contributed by atoms with van der Waals surface area (Å²) >= 11 is 0. The van der Waals surface area contributed by atoms with Gasteiger partial charge >= 0.3 is 6.18 Å². The van der Waals surface area contributed by atoms with Crippen LogP contribution in [0.15, 0.2) is 0 Å².